The van der Waals surface area contributed by atoms with Crippen molar-refractivity contribution in [3.05, 3.63) is 29.3 Å². The molecule has 0 bridgehead atoms. The van der Waals surface area contributed by atoms with Crippen LogP contribution in [0.4, 0.5) is 8.78 Å². The van der Waals surface area contributed by atoms with Gasteiger partial charge in [-0.05, 0) is 25.5 Å². The summed E-state index contributed by atoms with van der Waals surface area (Å²) in [6, 6.07) is 1.30. The summed E-state index contributed by atoms with van der Waals surface area (Å²) in [4.78, 5) is 10.6. The minimum Gasteiger partial charge on any atom is -0.459 e. The zero-order valence-electron chi connectivity index (χ0n) is 10.3. The SMILES string of the molecule is CCC(C)OC(=O)c1c(F)ccc(S(N)(=O)=O)c1F. The van der Waals surface area contributed by atoms with Gasteiger partial charge in [0.1, 0.15) is 16.3 Å². The summed E-state index contributed by atoms with van der Waals surface area (Å²) in [5.74, 6) is -4.02. The fraction of sp³-hybridized carbons (Fsp3) is 0.364. The Bertz CT molecular complexity index is 601. The van der Waals surface area contributed by atoms with Gasteiger partial charge in [0.15, 0.2) is 5.82 Å². The van der Waals surface area contributed by atoms with Crippen LogP contribution in [0.15, 0.2) is 17.0 Å². The number of sulfonamides is 1. The van der Waals surface area contributed by atoms with E-state index in [1.807, 2.05) is 0 Å². The number of rotatable bonds is 4. The van der Waals surface area contributed by atoms with Crippen molar-refractivity contribution in [1.82, 2.24) is 0 Å². The van der Waals surface area contributed by atoms with Gasteiger partial charge in [-0.15, -0.1) is 0 Å². The number of ether oxygens (including phenoxy) is 1. The molecule has 0 radical (unpaired) electrons. The molecule has 2 N–H and O–H groups in total. The van der Waals surface area contributed by atoms with Crippen molar-refractivity contribution in [2.45, 2.75) is 31.3 Å². The van der Waals surface area contributed by atoms with Crippen LogP contribution in [0.2, 0.25) is 0 Å². The highest BCUT2D eigenvalue weighted by atomic mass is 32.2. The van der Waals surface area contributed by atoms with Crippen LogP contribution in [0.1, 0.15) is 30.6 Å². The Labute approximate surface area is 109 Å². The Kier molecular flexibility index (Phi) is 4.59. The largest absolute Gasteiger partial charge is 0.459 e. The van der Waals surface area contributed by atoms with Crippen molar-refractivity contribution in [3.8, 4) is 0 Å². The smallest absolute Gasteiger partial charge is 0.344 e. The second-order valence-electron chi connectivity index (χ2n) is 3.90. The van der Waals surface area contributed by atoms with E-state index in [9.17, 15) is 22.0 Å². The van der Waals surface area contributed by atoms with Crippen LogP contribution in [0.25, 0.3) is 0 Å². The van der Waals surface area contributed by atoms with Crippen LogP contribution in [0.5, 0.6) is 0 Å². The van der Waals surface area contributed by atoms with Gasteiger partial charge in [-0.25, -0.2) is 27.1 Å². The average Bonchev–Trinajstić information content (AvgIpc) is 2.26. The number of halogens is 2. The number of benzene rings is 1. The second-order valence-corrected chi connectivity index (χ2v) is 5.43. The van der Waals surface area contributed by atoms with Crippen LogP contribution in [-0.4, -0.2) is 20.5 Å². The first kappa shape index (κ1) is 15.5. The second kappa shape index (κ2) is 5.62. The third-order valence-electron chi connectivity index (χ3n) is 2.45. The third kappa shape index (κ3) is 3.48. The number of carbonyl (C=O) groups excluding carboxylic acids is 1. The fourth-order valence-electron chi connectivity index (χ4n) is 1.27. The summed E-state index contributed by atoms with van der Waals surface area (Å²) in [7, 11) is -4.39. The minimum atomic E-state index is -4.39. The highest BCUT2D eigenvalue weighted by molar-refractivity contribution is 7.89. The lowest BCUT2D eigenvalue weighted by Gasteiger charge is -2.12. The number of hydrogen-bond acceptors (Lipinski definition) is 4. The summed E-state index contributed by atoms with van der Waals surface area (Å²) < 4.78 is 54.2. The molecule has 19 heavy (non-hydrogen) atoms. The van der Waals surface area contributed by atoms with E-state index in [4.69, 9.17) is 9.88 Å². The first-order valence-electron chi connectivity index (χ1n) is 5.40. The monoisotopic (exact) mass is 293 g/mol. The Balaban J connectivity index is 3.32. The molecular weight excluding hydrogens is 280 g/mol. The van der Waals surface area contributed by atoms with Crippen LogP contribution in [0, 0.1) is 11.6 Å². The van der Waals surface area contributed by atoms with E-state index in [2.05, 4.69) is 0 Å². The molecule has 0 saturated carbocycles. The molecule has 1 rings (SSSR count). The van der Waals surface area contributed by atoms with Crippen molar-refractivity contribution in [3.63, 3.8) is 0 Å². The molecule has 0 aliphatic carbocycles. The van der Waals surface area contributed by atoms with Crippen molar-refractivity contribution in [2.75, 3.05) is 0 Å². The molecule has 0 aromatic heterocycles. The molecule has 0 aliphatic rings. The summed E-state index contributed by atoms with van der Waals surface area (Å²) in [5.41, 5.74) is -1.06. The first-order chi connectivity index (χ1) is 8.68. The van der Waals surface area contributed by atoms with E-state index in [0.29, 0.717) is 18.6 Å². The molecule has 0 saturated heterocycles. The van der Waals surface area contributed by atoms with Gasteiger partial charge in [-0.1, -0.05) is 6.92 Å². The van der Waals surface area contributed by atoms with Crippen LogP contribution < -0.4 is 5.14 Å². The number of nitrogens with two attached hydrogens (primary N) is 1. The molecule has 0 aliphatic heterocycles. The topological polar surface area (TPSA) is 86.5 Å². The normalized spacial score (nSPS) is 13.1. The number of primary sulfonamides is 1. The van der Waals surface area contributed by atoms with Crippen LogP contribution >= 0.6 is 0 Å². The molecule has 8 heteroatoms. The Morgan fingerprint density at radius 1 is 1.42 bits per heavy atom. The Morgan fingerprint density at radius 2 is 2.00 bits per heavy atom. The average molecular weight is 293 g/mol. The molecule has 0 fully saturated rings. The highest BCUT2D eigenvalue weighted by Gasteiger charge is 2.26. The van der Waals surface area contributed by atoms with Gasteiger partial charge in [0.05, 0.1) is 6.10 Å². The zero-order valence-corrected chi connectivity index (χ0v) is 11.1. The van der Waals surface area contributed by atoms with E-state index in [1.54, 1.807) is 6.92 Å². The van der Waals surface area contributed by atoms with Crippen molar-refractivity contribution in [1.29, 1.82) is 0 Å². The van der Waals surface area contributed by atoms with Gasteiger partial charge < -0.3 is 4.74 Å². The maximum absolute atomic E-state index is 13.8. The summed E-state index contributed by atoms with van der Waals surface area (Å²) >= 11 is 0. The fourth-order valence-corrected chi connectivity index (χ4v) is 1.87. The first-order valence-corrected chi connectivity index (χ1v) is 6.94. The van der Waals surface area contributed by atoms with E-state index >= 15 is 0 Å². The van der Waals surface area contributed by atoms with E-state index in [-0.39, 0.29) is 0 Å². The Morgan fingerprint density at radius 3 is 2.47 bits per heavy atom. The quantitative estimate of drug-likeness (QED) is 0.854. The van der Waals surface area contributed by atoms with Crippen LogP contribution in [0.3, 0.4) is 0 Å². The highest BCUT2D eigenvalue weighted by Crippen LogP contribution is 2.21. The molecule has 5 nitrogen and oxygen atoms in total. The zero-order chi connectivity index (χ0) is 14.8. The minimum absolute atomic E-state index is 0.448. The Hall–Kier alpha value is -1.54. The summed E-state index contributed by atoms with van der Waals surface area (Å²) in [6.45, 7) is 3.25. The third-order valence-corrected chi connectivity index (χ3v) is 3.38. The van der Waals surface area contributed by atoms with Gasteiger partial charge in [0, 0.05) is 0 Å². The van der Waals surface area contributed by atoms with Crippen molar-refractivity contribution in [2.24, 2.45) is 5.14 Å². The van der Waals surface area contributed by atoms with Gasteiger partial charge >= 0.3 is 5.97 Å². The lowest BCUT2D eigenvalue weighted by Crippen LogP contribution is -2.20. The van der Waals surface area contributed by atoms with E-state index in [0.717, 1.165) is 0 Å². The lowest BCUT2D eigenvalue weighted by molar-refractivity contribution is 0.0323. The molecule has 0 spiro atoms. The predicted octanol–water partition coefficient (Wildman–Crippen LogP) is 1.57. The molecule has 0 amide bonds. The van der Waals surface area contributed by atoms with Gasteiger partial charge in [0.2, 0.25) is 10.0 Å². The number of carbonyl (C=O) groups is 1. The molecular formula is C11H13F2NO4S. The van der Waals surface area contributed by atoms with Gasteiger partial charge in [0.25, 0.3) is 0 Å². The van der Waals surface area contributed by atoms with E-state index < -0.39 is 44.2 Å². The molecule has 1 aromatic carbocycles. The molecule has 0 heterocycles. The number of hydrogen-bond donors (Lipinski definition) is 1. The van der Waals surface area contributed by atoms with Gasteiger partial charge in [-0.3, -0.25) is 0 Å². The predicted molar refractivity (Wildman–Crippen MR) is 62.9 cm³/mol. The van der Waals surface area contributed by atoms with Gasteiger partial charge in [-0.2, -0.15) is 0 Å². The number of esters is 1. The molecule has 1 atom stereocenters. The maximum Gasteiger partial charge on any atom is 0.344 e. The standard InChI is InChI=1S/C11H13F2NO4S/c1-3-6(2)18-11(15)9-7(12)4-5-8(10(9)13)19(14,16)17/h4-6H,3H2,1-2H3,(H2,14,16,17). The summed E-state index contributed by atoms with van der Waals surface area (Å²) in [6.07, 6.45) is -0.103. The lowest BCUT2D eigenvalue weighted by atomic mass is 10.2. The maximum atomic E-state index is 13.8. The molecule has 1 aromatic rings. The molecule has 1 unspecified atom stereocenters. The molecule has 106 valence electrons. The van der Waals surface area contributed by atoms with E-state index in [1.165, 1.54) is 6.92 Å². The van der Waals surface area contributed by atoms with Crippen LogP contribution in [-0.2, 0) is 14.8 Å². The van der Waals surface area contributed by atoms with Crippen molar-refractivity contribution < 1.29 is 26.7 Å². The van der Waals surface area contributed by atoms with Crippen molar-refractivity contribution >= 4 is 16.0 Å². The summed E-state index contributed by atoms with van der Waals surface area (Å²) in [5, 5.41) is 4.76.